The molecule has 2 aromatic heterocycles. The van der Waals surface area contributed by atoms with Crippen LogP contribution in [0.25, 0.3) is 0 Å². The number of anilines is 1. The SMILES string of the molecule is Cc1ccc(N2CCC(n3cc(Cc4ccccc4)nn3)CC2)nn1. The lowest BCUT2D eigenvalue weighted by Gasteiger charge is -2.32. The minimum Gasteiger partial charge on any atom is -0.355 e. The Labute approximate surface area is 147 Å². The van der Waals surface area contributed by atoms with Gasteiger partial charge in [0, 0.05) is 25.7 Å². The molecule has 0 radical (unpaired) electrons. The van der Waals surface area contributed by atoms with E-state index in [0.29, 0.717) is 6.04 Å². The van der Waals surface area contributed by atoms with Gasteiger partial charge in [0.1, 0.15) is 0 Å². The highest BCUT2D eigenvalue weighted by Gasteiger charge is 2.22. The molecule has 3 aromatic rings. The molecule has 1 aliphatic heterocycles. The minimum absolute atomic E-state index is 0.409. The van der Waals surface area contributed by atoms with Crippen LogP contribution in [0.15, 0.2) is 48.7 Å². The average Bonchev–Trinajstić information content (AvgIpc) is 3.12. The summed E-state index contributed by atoms with van der Waals surface area (Å²) in [5.41, 5.74) is 3.24. The standard InChI is InChI=1S/C19H22N6/c1-15-7-8-19(22-20-15)24-11-9-18(10-12-24)25-14-17(21-23-25)13-16-5-3-2-4-6-16/h2-8,14,18H,9-13H2,1H3. The fourth-order valence-corrected chi connectivity index (χ4v) is 3.30. The second-order valence-electron chi connectivity index (χ2n) is 6.60. The highest BCUT2D eigenvalue weighted by Crippen LogP contribution is 2.24. The Morgan fingerprint density at radius 2 is 1.76 bits per heavy atom. The van der Waals surface area contributed by atoms with Crippen molar-refractivity contribution in [1.82, 2.24) is 25.2 Å². The number of aromatic nitrogens is 5. The van der Waals surface area contributed by atoms with Gasteiger partial charge in [0.05, 0.1) is 17.4 Å². The van der Waals surface area contributed by atoms with Crippen LogP contribution in [0.2, 0.25) is 0 Å². The molecule has 0 saturated carbocycles. The third kappa shape index (κ3) is 3.68. The number of aryl methyl sites for hydroxylation is 1. The van der Waals surface area contributed by atoms with Crippen molar-refractivity contribution in [3.8, 4) is 0 Å². The van der Waals surface area contributed by atoms with Crippen LogP contribution in [0.5, 0.6) is 0 Å². The summed E-state index contributed by atoms with van der Waals surface area (Å²) in [5, 5.41) is 17.2. The van der Waals surface area contributed by atoms with Crippen molar-refractivity contribution in [3.63, 3.8) is 0 Å². The van der Waals surface area contributed by atoms with Gasteiger partial charge < -0.3 is 4.90 Å². The van der Waals surface area contributed by atoms with Crippen LogP contribution < -0.4 is 4.90 Å². The molecule has 0 amide bonds. The smallest absolute Gasteiger partial charge is 0.151 e. The fourth-order valence-electron chi connectivity index (χ4n) is 3.30. The average molecular weight is 334 g/mol. The molecule has 0 atom stereocenters. The van der Waals surface area contributed by atoms with Crippen LogP contribution in [0.3, 0.4) is 0 Å². The molecule has 1 aliphatic rings. The molecule has 0 spiro atoms. The molecular weight excluding hydrogens is 312 g/mol. The monoisotopic (exact) mass is 334 g/mol. The minimum atomic E-state index is 0.409. The third-order valence-corrected chi connectivity index (χ3v) is 4.73. The Hall–Kier alpha value is -2.76. The molecule has 128 valence electrons. The van der Waals surface area contributed by atoms with Crippen molar-refractivity contribution in [3.05, 3.63) is 65.6 Å². The Morgan fingerprint density at radius 3 is 2.48 bits per heavy atom. The zero-order valence-electron chi connectivity index (χ0n) is 14.4. The molecule has 1 saturated heterocycles. The lowest BCUT2D eigenvalue weighted by atomic mass is 10.1. The number of hydrogen-bond acceptors (Lipinski definition) is 5. The third-order valence-electron chi connectivity index (χ3n) is 4.73. The zero-order chi connectivity index (χ0) is 17.1. The van der Waals surface area contributed by atoms with E-state index in [9.17, 15) is 0 Å². The van der Waals surface area contributed by atoms with Gasteiger partial charge in [0.15, 0.2) is 5.82 Å². The van der Waals surface area contributed by atoms with E-state index >= 15 is 0 Å². The summed E-state index contributed by atoms with van der Waals surface area (Å²) in [7, 11) is 0. The first-order valence-corrected chi connectivity index (χ1v) is 8.78. The topological polar surface area (TPSA) is 59.7 Å². The lowest BCUT2D eigenvalue weighted by Crippen LogP contribution is -2.35. The van der Waals surface area contributed by atoms with Gasteiger partial charge in [-0.2, -0.15) is 5.10 Å². The summed E-state index contributed by atoms with van der Waals surface area (Å²) in [4.78, 5) is 2.30. The molecule has 0 aliphatic carbocycles. The van der Waals surface area contributed by atoms with Gasteiger partial charge in [0.25, 0.3) is 0 Å². The van der Waals surface area contributed by atoms with Crippen LogP contribution in [0.4, 0.5) is 5.82 Å². The largest absolute Gasteiger partial charge is 0.355 e. The summed E-state index contributed by atoms with van der Waals surface area (Å²) in [6.07, 6.45) is 5.02. The quantitative estimate of drug-likeness (QED) is 0.734. The molecular formula is C19H22N6. The molecule has 6 nitrogen and oxygen atoms in total. The van der Waals surface area contributed by atoms with Gasteiger partial charge in [-0.15, -0.1) is 10.2 Å². The Bertz CT molecular complexity index is 803. The van der Waals surface area contributed by atoms with Crippen molar-refractivity contribution >= 4 is 5.82 Å². The number of benzene rings is 1. The maximum atomic E-state index is 4.37. The molecule has 25 heavy (non-hydrogen) atoms. The Morgan fingerprint density at radius 1 is 0.960 bits per heavy atom. The lowest BCUT2D eigenvalue weighted by molar-refractivity contribution is 0.359. The predicted octanol–water partition coefficient (Wildman–Crippen LogP) is 2.81. The fraction of sp³-hybridized carbons (Fsp3) is 0.368. The van der Waals surface area contributed by atoms with E-state index in [0.717, 1.165) is 49.6 Å². The molecule has 6 heteroatoms. The van der Waals surface area contributed by atoms with Gasteiger partial charge in [-0.1, -0.05) is 35.5 Å². The van der Waals surface area contributed by atoms with E-state index in [-0.39, 0.29) is 0 Å². The number of rotatable bonds is 4. The van der Waals surface area contributed by atoms with Gasteiger partial charge in [-0.3, -0.25) is 0 Å². The van der Waals surface area contributed by atoms with Crippen LogP contribution in [-0.2, 0) is 6.42 Å². The van der Waals surface area contributed by atoms with E-state index in [1.807, 2.05) is 23.7 Å². The second-order valence-corrected chi connectivity index (χ2v) is 6.60. The molecule has 1 fully saturated rings. The normalized spacial score (nSPS) is 15.5. The molecule has 0 N–H and O–H groups in total. The van der Waals surface area contributed by atoms with E-state index in [1.54, 1.807) is 0 Å². The summed E-state index contributed by atoms with van der Waals surface area (Å²) < 4.78 is 2.04. The predicted molar refractivity (Wildman–Crippen MR) is 96.5 cm³/mol. The van der Waals surface area contributed by atoms with Crippen LogP contribution in [-0.4, -0.2) is 38.3 Å². The van der Waals surface area contributed by atoms with Gasteiger partial charge >= 0.3 is 0 Å². The first-order valence-electron chi connectivity index (χ1n) is 8.78. The summed E-state index contributed by atoms with van der Waals surface area (Å²) >= 11 is 0. The Balaban J connectivity index is 1.37. The summed E-state index contributed by atoms with van der Waals surface area (Å²) in [6.45, 7) is 3.90. The summed E-state index contributed by atoms with van der Waals surface area (Å²) in [5.74, 6) is 0.965. The first kappa shape index (κ1) is 15.7. The van der Waals surface area contributed by atoms with Crippen LogP contribution in [0.1, 0.15) is 35.8 Å². The molecule has 0 bridgehead atoms. The van der Waals surface area contributed by atoms with Crippen LogP contribution in [0, 0.1) is 6.92 Å². The number of hydrogen-bond donors (Lipinski definition) is 0. The van der Waals surface area contributed by atoms with Gasteiger partial charge in [-0.25, -0.2) is 4.68 Å². The number of piperidine rings is 1. The van der Waals surface area contributed by atoms with E-state index in [2.05, 4.69) is 61.9 Å². The highest BCUT2D eigenvalue weighted by molar-refractivity contribution is 5.37. The van der Waals surface area contributed by atoms with Crippen molar-refractivity contribution < 1.29 is 0 Å². The first-order chi connectivity index (χ1) is 12.3. The second kappa shape index (κ2) is 7.01. The van der Waals surface area contributed by atoms with Crippen molar-refractivity contribution in [2.75, 3.05) is 18.0 Å². The van der Waals surface area contributed by atoms with Crippen LogP contribution >= 0.6 is 0 Å². The molecule has 3 heterocycles. The Kier molecular flexibility index (Phi) is 4.41. The van der Waals surface area contributed by atoms with Gasteiger partial charge in [0.2, 0.25) is 0 Å². The zero-order valence-corrected chi connectivity index (χ0v) is 14.4. The van der Waals surface area contributed by atoms with Crippen molar-refractivity contribution in [2.45, 2.75) is 32.2 Å². The van der Waals surface area contributed by atoms with Crippen molar-refractivity contribution in [1.29, 1.82) is 0 Å². The van der Waals surface area contributed by atoms with E-state index in [1.165, 1.54) is 5.56 Å². The molecule has 4 rings (SSSR count). The summed E-state index contributed by atoms with van der Waals surface area (Å²) in [6, 6.07) is 14.9. The number of nitrogens with zero attached hydrogens (tertiary/aromatic N) is 6. The molecule has 0 unspecified atom stereocenters. The molecule has 1 aromatic carbocycles. The van der Waals surface area contributed by atoms with E-state index in [4.69, 9.17) is 0 Å². The maximum absolute atomic E-state index is 4.37. The highest BCUT2D eigenvalue weighted by atomic mass is 15.4. The van der Waals surface area contributed by atoms with Crippen molar-refractivity contribution in [2.24, 2.45) is 0 Å². The maximum Gasteiger partial charge on any atom is 0.151 e. The van der Waals surface area contributed by atoms with E-state index < -0.39 is 0 Å². The van der Waals surface area contributed by atoms with Gasteiger partial charge in [-0.05, 0) is 37.5 Å².